The number of hydrogen-bond acceptors (Lipinski definition) is 7. The largest absolute Gasteiger partial charge is 0.497 e. The van der Waals surface area contributed by atoms with Gasteiger partial charge in [-0.15, -0.1) is 0 Å². The second kappa shape index (κ2) is 10.6. The SMILES string of the molecule is CCOc1cc(C=Nn2c(CC)nc3ccccc3c2=O)ccc1OC(=O)c1ccc(OC)cc1. The molecule has 0 saturated heterocycles. The number of esters is 1. The standard InChI is InChI=1S/C27H25N3O5/c1-4-25-29-22-9-7-6-8-21(22)26(31)30(25)28-17-18-10-15-23(24(16-18)34-5-2)35-27(32)19-11-13-20(33-3)14-12-19/h6-17H,4-5H2,1-3H3. The lowest BCUT2D eigenvalue weighted by Crippen LogP contribution is -2.22. The molecule has 4 aromatic rings. The highest BCUT2D eigenvalue weighted by Crippen LogP contribution is 2.29. The third-order valence-corrected chi connectivity index (χ3v) is 5.26. The molecule has 4 rings (SSSR count). The molecule has 0 spiro atoms. The first-order valence-electron chi connectivity index (χ1n) is 11.2. The molecule has 0 radical (unpaired) electrons. The van der Waals surface area contributed by atoms with Gasteiger partial charge < -0.3 is 14.2 Å². The molecule has 0 aliphatic heterocycles. The van der Waals surface area contributed by atoms with Crippen molar-refractivity contribution in [3.8, 4) is 17.2 Å². The van der Waals surface area contributed by atoms with E-state index in [1.807, 2.05) is 26.0 Å². The number of methoxy groups -OCH3 is 1. The lowest BCUT2D eigenvalue weighted by Gasteiger charge is -2.12. The molecule has 1 heterocycles. The first-order valence-corrected chi connectivity index (χ1v) is 11.2. The number of nitrogens with zero attached hydrogens (tertiary/aromatic N) is 3. The van der Waals surface area contributed by atoms with Crippen LogP contribution in [0.15, 0.2) is 76.6 Å². The van der Waals surface area contributed by atoms with Crippen molar-refractivity contribution in [2.24, 2.45) is 5.10 Å². The van der Waals surface area contributed by atoms with Crippen molar-refractivity contribution >= 4 is 23.1 Å². The molecule has 0 unspecified atom stereocenters. The molecule has 0 N–H and O–H groups in total. The summed E-state index contributed by atoms with van der Waals surface area (Å²) in [4.78, 5) is 30.1. The molecule has 0 saturated carbocycles. The molecule has 0 bridgehead atoms. The number of fused-ring (bicyclic) bond motifs is 1. The molecular formula is C27H25N3O5. The summed E-state index contributed by atoms with van der Waals surface area (Å²) in [7, 11) is 1.56. The molecule has 0 aliphatic rings. The van der Waals surface area contributed by atoms with Crippen molar-refractivity contribution in [2.75, 3.05) is 13.7 Å². The minimum absolute atomic E-state index is 0.237. The summed E-state index contributed by atoms with van der Waals surface area (Å²) < 4.78 is 17.7. The number of hydrogen-bond donors (Lipinski definition) is 0. The zero-order valence-electron chi connectivity index (χ0n) is 19.7. The first-order chi connectivity index (χ1) is 17.0. The number of rotatable bonds is 8. The van der Waals surface area contributed by atoms with Gasteiger partial charge in [0.1, 0.15) is 11.6 Å². The second-order valence-corrected chi connectivity index (χ2v) is 7.52. The van der Waals surface area contributed by atoms with Gasteiger partial charge in [-0.25, -0.2) is 9.78 Å². The Morgan fingerprint density at radius 2 is 1.80 bits per heavy atom. The number of aryl methyl sites for hydroxylation is 1. The highest BCUT2D eigenvalue weighted by Gasteiger charge is 2.14. The minimum Gasteiger partial charge on any atom is -0.497 e. The van der Waals surface area contributed by atoms with Crippen molar-refractivity contribution in [3.63, 3.8) is 0 Å². The Balaban J connectivity index is 1.62. The molecule has 8 nitrogen and oxygen atoms in total. The Kier molecular flexibility index (Phi) is 7.21. The van der Waals surface area contributed by atoms with Gasteiger partial charge >= 0.3 is 5.97 Å². The van der Waals surface area contributed by atoms with Crippen LogP contribution < -0.4 is 19.8 Å². The summed E-state index contributed by atoms with van der Waals surface area (Å²) in [6.07, 6.45) is 2.09. The van der Waals surface area contributed by atoms with Crippen molar-refractivity contribution in [2.45, 2.75) is 20.3 Å². The van der Waals surface area contributed by atoms with Crippen LogP contribution in [0.1, 0.15) is 35.6 Å². The van der Waals surface area contributed by atoms with Gasteiger partial charge in [0.05, 0.1) is 36.4 Å². The molecule has 3 aromatic carbocycles. The predicted octanol–water partition coefficient (Wildman–Crippen LogP) is 4.47. The quantitative estimate of drug-likeness (QED) is 0.214. The van der Waals surface area contributed by atoms with E-state index in [2.05, 4.69) is 10.1 Å². The summed E-state index contributed by atoms with van der Waals surface area (Å²) >= 11 is 0. The van der Waals surface area contributed by atoms with Gasteiger partial charge in [-0.3, -0.25) is 4.79 Å². The lowest BCUT2D eigenvalue weighted by molar-refractivity contribution is 0.0728. The van der Waals surface area contributed by atoms with E-state index in [1.54, 1.807) is 67.9 Å². The van der Waals surface area contributed by atoms with Crippen LogP contribution in [0, 0.1) is 0 Å². The Morgan fingerprint density at radius 1 is 1.03 bits per heavy atom. The third-order valence-electron chi connectivity index (χ3n) is 5.26. The van der Waals surface area contributed by atoms with Crippen LogP contribution in [-0.2, 0) is 6.42 Å². The third kappa shape index (κ3) is 5.22. The zero-order chi connectivity index (χ0) is 24.8. The summed E-state index contributed by atoms with van der Waals surface area (Å²) in [6, 6.07) is 18.9. The molecular weight excluding hydrogens is 446 g/mol. The topological polar surface area (TPSA) is 92.0 Å². The van der Waals surface area contributed by atoms with E-state index in [1.165, 1.54) is 4.68 Å². The summed E-state index contributed by atoms with van der Waals surface area (Å²) in [5, 5.41) is 4.89. The van der Waals surface area contributed by atoms with Crippen LogP contribution in [0.25, 0.3) is 10.9 Å². The van der Waals surface area contributed by atoms with Gasteiger partial charge in [-0.2, -0.15) is 9.78 Å². The summed E-state index contributed by atoms with van der Waals surface area (Å²) in [5.74, 6) is 1.35. The first kappa shape index (κ1) is 23.7. The Morgan fingerprint density at radius 3 is 2.51 bits per heavy atom. The molecule has 35 heavy (non-hydrogen) atoms. The number of aromatic nitrogens is 2. The molecule has 0 atom stereocenters. The molecule has 8 heteroatoms. The van der Waals surface area contributed by atoms with Gasteiger partial charge in [0.15, 0.2) is 11.5 Å². The van der Waals surface area contributed by atoms with E-state index in [9.17, 15) is 9.59 Å². The predicted molar refractivity (Wildman–Crippen MR) is 134 cm³/mol. The zero-order valence-corrected chi connectivity index (χ0v) is 19.7. The fourth-order valence-corrected chi connectivity index (χ4v) is 3.49. The van der Waals surface area contributed by atoms with Gasteiger partial charge in [-0.1, -0.05) is 19.1 Å². The van der Waals surface area contributed by atoms with Crippen molar-refractivity contribution < 1.29 is 19.0 Å². The molecule has 1 aromatic heterocycles. The van der Waals surface area contributed by atoms with Crippen LogP contribution in [-0.4, -0.2) is 35.6 Å². The highest BCUT2D eigenvalue weighted by atomic mass is 16.6. The fraction of sp³-hybridized carbons (Fsp3) is 0.185. The fourth-order valence-electron chi connectivity index (χ4n) is 3.49. The number of carbonyl (C=O) groups excluding carboxylic acids is 1. The molecule has 178 valence electrons. The van der Waals surface area contributed by atoms with E-state index < -0.39 is 5.97 Å². The Bertz CT molecular complexity index is 1440. The molecule has 0 aliphatic carbocycles. The summed E-state index contributed by atoms with van der Waals surface area (Å²) in [6.45, 7) is 4.13. The number of para-hydroxylation sites is 1. The lowest BCUT2D eigenvalue weighted by atomic mass is 10.2. The normalized spacial score (nSPS) is 11.1. The van der Waals surface area contributed by atoms with E-state index in [-0.39, 0.29) is 11.3 Å². The van der Waals surface area contributed by atoms with Crippen LogP contribution >= 0.6 is 0 Å². The van der Waals surface area contributed by atoms with E-state index in [0.717, 1.165) is 0 Å². The van der Waals surface area contributed by atoms with Crippen LogP contribution in [0.4, 0.5) is 0 Å². The maximum Gasteiger partial charge on any atom is 0.343 e. The number of benzene rings is 3. The number of carbonyl (C=O) groups is 1. The smallest absolute Gasteiger partial charge is 0.343 e. The molecule has 0 fully saturated rings. The molecule has 0 amide bonds. The Labute approximate surface area is 202 Å². The van der Waals surface area contributed by atoms with Crippen LogP contribution in [0.2, 0.25) is 0 Å². The van der Waals surface area contributed by atoms with Gasteiger partial charge in [0, 0.05) is 6.42 Å². The van der Waals surface area contributed by atoms with Crippen molar-refractivity contribution in [1.82, 2.24) is 9.66 Å². The van der Waals surface area contributed by atoms with E-state index >= 15 is 0 Å². The average Bonchev–Trinajstić information content (AvgIpc) is 2.89. The van der Waals surface area contributed by atoms with Gasteiger partial charge in [0.2, 0.25) is 0 Å². The van der Waals surface area contributed by atoms with Gasteiger partial charge in [-0.05, 0) is 67.1 Å². The van der Waals surface area contributed by atoms with Gasteiger partial charge in [0.25, 0.3) is 5.56 Å². The Hall–Kier alpha value is -4.46. The average molecular weight is 472 g/mol. The monoisotopic (exact) mass is 471 g/mol. The maximum atomic E-state index is 13.0. The van der Waals surface area contributed by atoms with E-state index in [0.29, 0.717) is 52.4 Å². The van der Waals surface area contributed by atoms with Crippen LogP contribution in [0.5, 0.6) is 17.2 Å². The summed E-state index contributed by atoms with van der Waals surface area (Å²) in [5.41, 5.74) is 1.45. The maximum absolute atomic E-state index is 13.0. The van der Waals surface area contributed by atoms with Crippen molar-refractivity contribution in [3.05, 3.63) is 94.0 Å². The second-order valence-electron chi connectivity index (χ2n) is 7.52. The van der Waals surface area contributed by atoms with Crippen molar-refractivity contribution in [1.29, 1.82) is 0 Å². The minimum atomic E-state index is -0.517. The van der Waals surface area contributed by atoms with E-state index in [4.69, 9.17) is 14.2 Å². The highest BCUT2D eigenvalue weighted by molar-refractivity contribution is 5.91. The van der Waals surface area contributed by atoms with Crippen LogP contribution in [0.3, 0.4) is 0 Å². The number of ether oxygens (including phenoxy) is 3.